The molecule has 0 radical (unpaired) electrons. The zero-order chi connectivity index (χ0) is 13.3. The second-order valence-corrected chi connectivity index (χ2v) is 5.98. The van der Waals surface area contributed by atoms with Crippen molar-refractivity contribution in [2.24, 2.45) is 11.3 Å². The van der Waals surface area contributed by atoms with Gasteiger partial charge in [0.15, 0.2) is 0 Å². The van der Waals surface area contributed by atoms with Gasteiger partial charge in [-0.3, -0.25) is 4.79 Å². The van der Waals surface area contributed by atoms with Gasteiger partial charge in [-0.15, -0.1) is 0 Å². The Morgan fingerprint density at radius 3 is 2.63 bits per heavy atom. The van der Waals surface area contributed by atoms with Crippen LogP contribution in [0, 0.1) is 11.3 Å². The maximum atomic E-state index is 12.8. The fourth-order valence-electron chi connectivity index (χ4n) is 3.63. The Labute approximate surface area is 115 Å². The molecule has 1 N–H and O–H groups in total. The summed E-state index contributed by atoms with van der Waals surface area (Å²) in [6, 6.07) is 10.3. The number of carbonyl (C=O) groups is 1. The minimum absolute atomic E-state index is 0.0833. The highest BCUT2D eigenvalue weighted by Gasteiger charge is 2.51. The summed E-state index contributed by atoms with van der Waals surface area (Å²) in [5.74, 6) is 0.858. The fraction of sp³-hybridized carbons (Fsp3) is 0.562. The summed E-state index contributed by atoms with van der Waals surface area (Å²) in [5, 5.41) is 3.37. The molecule has 2 saturated heterocycles. The van der Waals surface area contributed by atoms with Crippen molar-refractivity contribution in [1.82, 2.24) is 10.2 Å². The van der Waals surface area contributed by atoms with Gasteiger partial charge in [-0.2, -0.15) is 0 Å². The standard InChI is InChI=1S/C16H22N2O/c1-13-11-18(12-14-5-3-2-4-6-14)15(19)16(13)7-9-17-10-8-16/h2-6,13,17H,7-12H2,1H3. The number of hydrogen-bond acceptors (Lipinski definition) is 2. The first kappa shape index (κ1) is 12.7. The molecule has 1 aromatic carbocycles. The average Bonchev–Trinajstić information content (AvgIpc) is 2.67. The first-order valence-electron chi connectivity index (χ1n) is 7.26. The topological polar surface area (TPSA) is 32.3 Å². The van der Waals surface area contributed by atoms with E-state index in [0.29, 0.717) is 11.8 Å². The first-order chi connectivity index (χ1) is 9.22. The van der Waals surface area contributed by atoms with E-state index in [1.807, 2.05) is 18.2 Å². The Morgan fingerprint density at radius 1 is 1.26 bits per heavy atom. The molecule has 3 rings (SSSR count). The SMILES string of the molecule is CC1CN(Cc2ccccc2)C(=O)C12CCNCC2. The van der Waals surface area contributed by atoms with Crippen LogP contribution in [0.25, 0.3) is 0 Å². The van der Waals surface area contributed by atoms with Crippen molar-refractivity contribution in [3.63, 3.8) is 0 Å². The van der Waals surface area contributed by atoms with Gasteiger partial charge in [0.25, 0.3) is 0 Å². The highest BCUT2D eigenvalue weighted by Crippen LogP contribution is 2.44. The number of benzene rings is 1. The van der Waals surface area contributed by atoms with Crippen LogP contribution < -0.4 is 5.32 Å². The Hall–Kier alpha value is -1.35. The quantitative estimate of drug-likeness (QED) is 0.880. The molecule has 1 aromatic rings. The van der Waals surface area contributed by atoms with Gasteiger partial charge in [-0.05, 0) is 37.4 Å². The lowest BCUT2D eigenvalue weighted by molar-refractivity contribution is -0.138. The van der Waals surface area contributed by atoms with Crippen LogP contribution in [0.2, 0.25) is 0 Å². The van der Waals surface area contributed by atoms with E-state index in [-0.39, 0.29) is 5.41 Å². The lowest BCUT2D eigenvalue weighted by Crippen LogP contribution is -2.44. The molecule has 0 aliphatic carbocycles. The highest BCUT2D eigenvalue weighted by molar-refractivity contribution is 5.85. The summed E-state index contributed by atoms with van der Waals surface area (Å²) in [4.78, 5) is 14.9. The molecular formula is C16H22N2O. The van der Waals surface area contributed by atoms with Crippen LogP contribution in [0.1, 0.15) is 25.3 Å². The molecule has 2 fully saturated rings. The van der Waals surface area contributed by atoms with Crippen molar-refractivity contribution in [2.45, 2.75) is 26.3 Å². The van der Waals surface area contributed by atoms with Gasteiger partial charge in [0, 0.05) is 13.1 Å². The number of nitrogens with one attached hydrogen (secondary N) is 1. The van der Waals surface area contributed by atoms with Crippen molar-refractivity contribution >= 4 is 5.91 Å². The van der Waals surface area contributed by atoms with Crippen molar-refractivity contribution in [3.8, 4) is 0 Å². The molecule has 0 saturated carbocycles. The van der Waals surface area contributed by atoms with Crippen molar-refractivity contribution in [1.29, 1.82) is 0 Å². The Balaban J connectivity index is 1.77. The van der Waals surface area contributed by atoms with Crippen LogP contribution in [0.3, 0.4) is 0 Å². The smallest absolute Gasteiger partial charge is 0.229 e. The molecular weight excluding hydrogens is 236 g/mol. The minimum Gasteiger partial charge on any atom is -0.338 e. The third-order valence-electron chi connectivity index (χ3n) is 4.86. The van der Waals surface area contributed by atoms with Crippen LogP contribution in [-0.2, 0) is 11.3 Å². The van der Waals surface area contributed by atoms with E-state index in [1.54, 1.807) is 0 Å². The maximum Gasteiger partial charge on any atom is 0.229 e. The molecule has 3 nitrogen and oxygen atoms in total. The van der Waals surface area contributed by atoms with E-state index in [1.165, 1.54) is 5.56 Å². The van der Waals surface area contributed by atoms with Crippen LogP contribution in [-0.4, -0.2) is 30.4 Å². The molecule has 1 spiro atoms. The number of carbonyl (C=O) groups excluding carboxylic acids is 1. The van der Waals surface area contributed by atoms with Crippen molar-refractivity contribution < 1.29 is 4.79 Å². The van der Waals surface area contributed by atoms with E-state index < -0.39 is 0 Å². The number of nitrogens with zero attached hydrogens (tertiary/aromatic N) is 1. The number of piperidine rings is 1. The normalized spacial score (nSPS) is 26.1. The van der Waals surface area contributed by atoms with E-state index in [0.717, 1.165) is 39.0 Å². The Morgan fingerprint density at radius 2 is 1.95 bits per heavy atom. The number of hydrogen-bond donors (Lipinski definition) is 1. The predicted octanol–water partition coefficient (Wildman–Crippen LogP) is 2.03. The summed E-state index contributed by atoms with van der Waals surface area (Å²) < 4.78 is 0. The summed E-state index contributed by atoms with van der Waals surface area (Å²) in [6.45, 7) is 5.88. The summed E-state index contributed by atoms with van der Waals surface area (Å²) in [5.41, 5.74) is 1.15. The molecule has 2 aliphatic rings. The van der Waals surface area contributed by atoms with Crippen molar-refractivity contribution in [3.05, 3.63) is 35.9 Å². The largest absolute Gasteiger partial charge is 0.338 e. The highest BCUT2D eigenvalue weighted by atomic mass is 16.2. The molecule has 0 aromatic heterocycles. The van der Waals surface area contributed by atoms with Crippen LogP contribution in [0.15, 0.2) is 30.3 Å². The molecule has 19 heavy (non-hydrogen) atoms. The summed E-state index contributed by atoms with van der Waals surface area (Å²) in [6.07, 6.45) is 2.00. The first-order valence-corrected chi connectivity index (χ1v) is 7.26. The molecule has 3 heteroatoms. The third kappa shape index (κ3) is 2.16. The van der Waals surface area contributed by atoms with E-state index in [9.17, 15) is 4.79 Å². The predicted molar refractivity (Wildman–Crippen MR) is 75.6 cm³/mol. The molecule has 1 amide bonds. The molecule has 2 aliphatic heterocycles. The lowest BCUT2D eigenvalue weighted by atomic mass is 9.71. The number of likely N-dealkylation sites (tertiary alicyclic amines) is 1. The van der Waals surface area contributed by atoms with Gasteiger partial charge in [0.05, 0.1) is 5.41 Å². The molecule has 1 unspecified atom stereocenters. The number of amides is 1. The molecule has 102 valence electrons. The summed E-state index contributed by atoms with van der Waals surface area (Å²) >= 11 is 0. The average molecular weight is 258 g/mol. The Bertz CT molecular complexity index is 451. The van der Waals surface area contributed by atoms with Crippen LogP contribution >= 0.6 is 0 Å². The van der Waals surface area contributed by atoms with Gasteiger partial charge >= 0.3 is 0 Å². The van der Waals surface area contributed by atoms with Gasteiger partial charge in [0.1, 0.15) is 0 Å². The Kier molecular flexibility index (Phi) is 3.31. The second kappa shape index (κ2) is 4.97. The summed E-state index contributed by atoms with van der Waals surface area (Å²) in [7, 11) is 0. The lowest BCUT2D eigenvalue weighted by Gasteiger charge is -2.35. The number of rotatable bonds is 2. The van der Waals surface area contributed by atoms with Gasteiger partial charge in [-0.25, -0.2) is 0 Å². The molecule has 2 heterocycles. The van der Waals surface area contributed by atoms with Gasteiger partial charge < -0.3 is 10.2 Å². The van der Waals surface area contributed by atoms with Gasteiger partial charge in [0.2, 0.25) is 5.91 Å². The molecule has 0 bridgehead atoms. The van der Waals surface area contributed by atoms with E-state index >= 15 is 0 Å². The maximum absolute atomic E-state index is 12.8. The second-order valence-electron chi connectivity index (χ2n) is 5.98. The molecule has 1 atom stereocenters. The zero-order valence-corrected chi connectivity index (χ0v) is 11.6. The fourth-order valence-corrected chi connectivity index (χ4v) is 3.63. The van der Waals surface area contributed by atoms with E-state index in [4.69, 9.17) is 0 Å². The van der Waals surface area contributed by atoms with Gasteiger partial charge in [-0.1, -0.05) is 37.3 Å². The van der Waals surface area contributed by atoms with Crippen LogP contribution in [0.4, 0.5) is 0 Å². The zero-order valence-electron chi connectivity index (χ0n) is 11.6. The monoisotopic (exact) mass is 258 g/mol. The third-order valence-corrected chi connectivity index (χ3v) is 4.86. The minimum atomic E-state index is -0.0833. The van der Waals surface area contributed by atoms with Crippen molar-refractivity contribution in [2.75, 3.05) is 19.6 Å². The van der Waals surface area contributed by atoms with E-state index in [2.05, 4.69) is 29.3 Å². The van der Waals surface area contributed by atoms with Crippen LogP contribution in [0.5, 0.6) is 0 Å².